The number of halogens is 3. The number of carbonyl (C=O) groups is 1. The normalized spacial score (nSPS) is 12.0. The van der Waals surface area contributed by atoms with Crippen LogP contribution in [0, 0.1) is 0 Å². The van der Waals surface area contributed by atoms with Gasteiger partial charge in [-0.05, 0) is 12.1 Å². The Kier molecular flexibility index (Phi) is 4.96. The van der Waals surface area contributed by atoms with Crippen molar-refractivity contribution >= 4 is 5.91 Å². The minimum absolute atomic E-state index is 0.0199. The van der Waals surface area contributed by atoms with Gasteiger partial charge in [0.05, 0.1) is 0 Å². The smallest absolute Gasteiger partial charge is 0.347 e. The van der Waals surface area contributed by atoms with Gasteiger partial charge in [0.15, 0.2) is 0 Å². The van der Waals surface area contributed by atoms with Crippen molar-refractivity contribution in [3.05, 3.63) is 36.2 Å². The predicted octanol–water partition coefficient (Wildman–Crippen LogP) is 1.30. The number of amides is 1. The van der Waals surface area contributed by atoms with Gasteiger partial charge in [-0.2, -0.15) is 13.2 Å². The molecule has 0 spiro atoms. The zero-order valence-electron chi connectivity index (χ0n) is 9.57. The van der Waals surface area contributed by atoms with Crippen LogP contribution in [0.5, 0.6) is 0 Å². The van der Waals surface area contributed by atoms with Crippen molar-refractivity contribution in [1.29, 1.82) is 0 Å². The van der Waals surface area contributed by atoms with Crippen molar-refractivity contribution < 1.29 is 18.0 Å². The van der Waals surface area contributed by atoms with Gasteiger partial charge >= 0.3 is 6.18 Å². The van der Waals surface area contributed by atoms with E-state index in [9.17, 15) is 18.0 Å². The van der Waals surface area contributed by atoms with E-state index >= 15 is 0 Å². The summed E-state index contributed by atoms with van der Waals surface area (Å²) < 4.78 is 37.6. The van der Waals surface area contributed by atoms with Crippen LogP contribution in [0.3, 0.4) is 0 Å². The highest BCUT2D eigenvalue weighted by atomic mass is 19.4. The summed E-state index contributed by atoms with van der Waals surface area (Å²) in [6, 6.07) is 2.74. The quantitative estimate of drug-likeness (QED) is 0.785. The number of rotatable bonds is 5. The molecule has 0 atom stereocenters. The number of nitrogens with two attached hydrogens (primary N) is 1. The lowest BCUT2D eigenvalue weighted by Gasteiger charge is -2.11. The molecule has 0 aliphatic rings. The number of carbonyl (C=O) groups excluding carboxylic acids is 1. The number of nitrogens with one attached hydrogen (secondary N) is 1. The van der Waals surface area contributed by atoms with E-state index in [1.165, 1.54) is 18.3 Å². The highest BCUT2D eigenvalue weighted by molar-refractivity contribution is 5.92. The molecule has 1 amide bonds. The van der Waals surface area contributed by atoms with Crippen molar-refractivity contribution in [2.45, 2.75) is 12.7 Å². The highest BCUT2D eigenvalue weighted by Gasteiger charge is 2.29. The number of hydrogen-bond donors (Lipinski definition) is 2. The molecule has 1 aromatic rings. The van der Waals surface area contributed by atoms with E-state index in [0.29, 0.717) is 6.54 Å². The molecule has 0 bridgehead atoms. The monoisotopic (exact) mass is 261 g/mol. The van der Waals surface area contributed by atoms with Gasteiger partial charge in [0.1, 0.15) is 12.2 Å². The summed E-state index contributed by atoms with van der Waals surface area (Å²) >= 11 is 0. The lowest BCUT2D eigenvalue weighted by Crippen LogP contribution is -2.28. The number of nitrogens with zero attached hydrogens (tertiary/aromatic N) is 1. The van der Waals surface area contributed by atoms with E-state index in [-0.39, 0.29) is 12.2 Å². The highest BCUT2D eigenvalue weighted by Crippen LogP contribution is 2.18. The van der Waals surface area contributed by atoms with Crippen LogP contribution in [0.15, 0.2) is 30.5 Å². The maximum absolute atomic E-state index is 12.2. The first-order chi connectivity index (χ1) is 8.44. The minimum Gasteiger partial charge on any atom is -0.347 e. The standard InChI is InChI=1S/C11H14F3N3O/c12-11(13,14)8-17-7-3-4-9(17)10(18)16-6-2-1-5-15/h1-4,7H,5-6,8,15H2,(H,16,18)/b2-1+. The molecule has 0 unspecified atom stereocenters. The maximum atomic E-state index is 12.2. The SMILES string of the molecule is NC/C=C/CNC(=O)c1cccn1CC(F)(F)F. The fourth-order valence-corrected chi connectivity index (χ4v) is 1.37. The fourth-order valence-electron chi connectivity index (χ4n) is 1.37. The van der Waals surface area contributed by atoms with Gasteiger partial charge in [0, 0.05) is 19.3 Å². The van der Waals surface area contributed by atoms with Crippen LogP contribution in [0.25, 0.3) is 0 Å². The fraction of sp³-hybridized carbons (Fsp3) is 0.364. The van der Waals surface area contributed by atoms with E-state index in [0.717, 1.165) is 4.57 Å². The molecule has 0 saturated carbocycles. The summed E-state index contributed by atoms with van der Waals surface area (Å²) in [4.78, 5) is 11.6. The summed E-state index contributed by atoms with van der Waals surface area (Å²) in [5.74, 6) is -0.550. The third kappa shape index (κ3) is 4.62. The molecule has 4 nitrogen and oxygen atoms in total. The Labute approximate surface area is 102 Å². The molecule has 1 aromatic heterocycles. The summed E-state index contributed by atoms with van der Waals surface area (Å²) in [5.41, 5.74) is 5.18. The van der Waals surface area contributed by atoms with Crippen molar-refractivity contribution in [3.63, 3.8) is 0 Å². The Balaban J connectivity index is 2.63. The Bertz CT molecular complexity index is 423. The first kappa shape index (κ1) is 14.3. The average Bonchev–Trinajstić information content (AvgIpc) is 2.69. The number of alkyl halides is 3. The van der Waals surface area contributed by atoms with Crippen LogP contribution in [0.1, 0.15) is 10.5 Å². The second-order valence-electron chi connectivity index (χ2n) is 3.55. The Morgan fingerprint density at radius 3 is 2.78 bits per heavy atom. The van der Waals surface area contributed by atoms with E-state index in [2.05, 4.69) is 5.32 Å². The maximum Gasteiger partial charge on any atom is 0.406 e. The zero-order chi connectivity index (χ0) is 13.6. The van der Waals surface area contributed by atoms with Gasteiger partial charge in [0.25, 0.3) is 5.91 Å². The molecule has 1 rings (SSSR count). The predicted molar refractivity (Wildman–Crippen MR) is 61.0 cm³/mol. The molecular formula is C11H14F3N3O. The van der Waals surface area contributed by atoms with Crippen molar-refractivity contribution in [1.82, 2.24) is 9.88 Å². The molecule has 7 heteroatoms. The molecule has 3 N–H and O–H groups in total. The molecule has 0 fully saturated rings. The van der Waals surface area contributed by atoms with E-state index < -0.39 is 18.6 Å². The molecule has 18 heavy (non-hydrogen) atoms. The van der Waals surface area contributed by atoms with E-state index in [1.54, 1.807) is 12.2 Å². The van der Waals surface area contributed by atoms with Crippen LogP contribution in [-0.4, -0.2) is 29.7 Å². The van der Waals surface area contributed by atoms with Crippen LogP contribution < -0.4 is 11.1 Å². The molecule has 0 aliphatic heterocycles. The van der Waals surface area contributed by atoms with Crippen LogP contribution >= 0.6 is 0 Å². The second kappa shape index (κ2) is 6.25. The van der Waals surface area contributed by atoms with E-state index in [4.69, 9.17) is 5.73 Å². The van der Waals surface area contributed by atoms with Crippen molar-refractivity contribution in [2.24, 2.45) is 5.73 Å². The third-order valence-corrected chi connectivity index (χ3v) is 2.10. The molecular weight excluding hydrogens is 247 g/mol. The van der Waals surface area contributed by atoms with Gasteiger partial charge in [-0.3, -0.25) is 4.79 Å². The molecule has 1 heterocycles. The lowest BCUT2D eigenvalue weighted by atomic mass is 10.4. The molecule has 0 radical (unpaired) electrons. The summed E-state index contributed by atoms with van der Waals surface area (Å²) in [6.45, 7) is -0.602. The average molecular weight is 261 g/mol. The van der Waals surface area contributed by atoms with Crippen molar-refractivity contribution in [2.75, 3.05) is 13.1 Å². The van der Waals surface area contributed by atoms with Gasteiger partial charge < -0.3 is 15.6 Å². The number of hydrogen-bond acceptors (Lipinski definition) is 2. The zero-order valence-corrected chi connectivity index (χ0v) is 9.57. The first-order valence-corrected chi connectivity index (χ1v) is 5.29. The molecule has 0 saturated heterocycles. The second-order valence-corrected chi connectivity index (χ2v) is 3.55. The molecule has 0 aliphatic carbocycles. The Morgan fingerprint density at radius 1 is 1.44 bits per heavy atom. The van der Waals surface area contributed by atoms with Gasteiger partial charge in [-0.25, -0.2) is 0 Å². The first-order valence-electron chi connectivity index (χ1n) is 5.29. The summed E-state index contributed by atoms with van der Waals surface area (Å²) in [6.07, 6.45) is 0.148. The van der Waals surface area contributed by atoms with E-state index in [1.807, 2.05) is 0 Å². The van der Waals surface area contributed by atoms with Crippen molar-refractivity contribution in [3.8, 4) is 0 Å². The molecule has 100 valence electrons. The van der Waals surface area contributed by atoms with Crippen LogP contribution in [-0.2, 0) is 6.54 Å². The van der Waals surface area contributed by atoms with Gasteiger partial charge in [0.2, 0.25) is 0 Å². The van der Waals surface area contributed by atoms with Crippen LogP contribution in [0.2, 0.25) is 0 Å². The minimum atomic E-state index is -4.35. The summed E-state index contributed by atoms with van der Waals surface area (Å²) in [5, 5.41) is 2.48. The van der Waals surface area contributed by atoms with Gasteiger partial charge in [-0.15, -0.1) is 0 Å². The van der Waals surface area contributed by atoms with Crippen LogP contribution in [0.4, 0.5) is 13.2 Å². The third-order valence-electron chi connectivity index (χ3n) is 2.10. The lowest BCUT2D eigenvalue weighted by molar-refractivity contribution is -0.140. The largest absolute Gasteiger partial charge is 0.406 e. The Hall–Kier alpha value is -1.76. The molecule has 0 aromatic carbocycles. The topological polar surface area (TPSA) is 60.0 Å². The Morgan fingerprint density at radius 2 is 2.17 bits per heavy atom. The van der Waals surface area contributed by atoms with Gasteiger partial charge in [-0.1, -0.05) is 12.2 Å². The number of aromatic nitrogens is 1. The summed E-state index contributed by atoms with van der Waals surface area (Å²) in [7, 11) is 0.